The first-order valence-corrected chi connectivity index (χ1v) is 9.96. The van der Waals surface area contributed by atoms with Crippen LogP contribution in [0.1, 0.15) is 30.0 Å². The number of anilines is 1. The lowest BCUT2D eigenvalue weighted by molar-refractivity contribution is 0.203. The van der Waals surface area contributed by atoms with Crippen molar-refractivity contribution in [1.82, 2.24) is 19.9 Å². The predicted molar refractivity (Wildman–Crippen MR) is 115 cm³/mol. The van der Waals surface area contributed by atoms with Gasteiger partial charge < -0.3 is 14.6 Å². The van der Waals surface area contributed by atoms with E-state index in [9.17, 15) is 4.79 Å². The number of hydrogen-bond acceptors (Lipinski definition) is 6. The van der Waals surface area contributed by atoms with Crippen LogP contribution in [-0.4, -0.2) is 54.1 Å². The topological polar surface area (TPSA) is 74.3 Å². The molecule has 152 valence electrons. The van der Waals surface area contributed by atoms with Gasteiger partial charge in [-0.3, -0.25) is 9.69 Å². The van der Waals surface area contributed by atoms with Gasteiger partial charge in [0.25, 0.3) is 5.56 Å². The molecule has 0 radical (unpaired) electrons. The van der Waals surface area contributed by atoms with Crippen molar-refractivity contribution < 1.29 is 4.74 Å². The molecule has 2 aromatic heterocycles. The van der Waals surface area contributed by atoms with Crippen LogP contribution >= 0.6 is 0 Å². The van der Waals surface area contributed by atoms with Gasteiger partial charge in [0, 0.05) is 38.4 Å². The summed E-state index contributed by atoms with van der Waals surface area (Å²) in [6.07, 6.45) is 3.64. The molecular weight excluding hydrogens is 366 g/mol. The van der Waals surface area contributed by atoms with Crippen LogP contribution < -0.4 is 15.2 Å². The molecule has 4 rings (SSSR count). The number of fused-ring (bicyclic) bond motifs is 1. The monoisotopic (exact) mass is 393 g/mol. The van der Waals surface area contributed by atoms with Gasteiger partial charge in [-0.25, -0.2) is 9.97 Å². The van der Waals surface area contributed by atoms with E-state index in [-0.39, 0.29) is 5.56 Å². The first-order chi connectivity index (χ1) is 14.0. The molecule has 7 nitrogen and oxygen atoms in total. The van der Waals surface area contributed by atoms with Gasteiger partial charge in [-0.1, -0.05) is 12.1 Å². The summed E-state index contributed by atoms with van der Waals surface area (Å²) in [5.41, 5.74) is 2.87. The highest BCUT2D eigenvalue weighted by molar-refractivity contribution is 5.78. The van der Waals surface area contributed by atoms with Gasteiger partial charge in [0.05, 0.1) is 18.0 Å². The largest absolute Gasteiger partial charge is 0.497 e. The second-order valence-corrected chi connectivity index (χ2v) is 7.82. The molecule has 0 saturated carbocycles. The molecule has 1 aliphatic heterocycles. The molecule has 1 saturated heterocycles. The molecule has 3 heterocycles. The Labute approximate surface area is 170 Å². The Morgan fingerprint density at radius 2 is 1.93 bits per heavy atom. The van der Waals surface area contributed by atoms with Crippen LogP contribution in [0.15, 0.2) is 41.3 Å². The van der Waals surface area contributed by atoms with Gasteiger partial charge in [-0.2, -0.15) is 0 Å². The minimum Gasteiger partial charge on any atom is -0.497 e. The van der Waals surface area contributed by atoms with Crippen molar-refractivity contribution in [3.05, 3.63) is 58.1 Å². The number of hydrogen-bond donors (Lipinski definition) is 1. The third-order valence-electron chi connectivity index (χ3n) is 5.59. The minimum atomic E-state index is -0.108. The molecule has 7 heteroatoms. The number of ether oxygens (including phenoxy) is 1. The number of rotatable bonds is 5. The molecule has 0 bridgehead atoms. The highest BCUT2D eigenvalue weighted by Crippen LogP contribution is 2.28. The van der Waals surface area contributed by atoms with Crippen molar-refractivity contribution in [2.45, 2.75) is 25.3 Å². The van der Waals surface area contributed by atoms with E-state index >= 15 is 0 Å². The normalized spacial score (nSPS) is 15.6. The van der Waals surface area contributed by atoms with Crippen LogP contribution in [0.4, 0.5) is 5.95 Å². The van der Waals surface area contributed by atoms with E-state index in [1.54, 1.807) is 13.3 Å². The number of nitrogens with zero attached hydrogens (tertiary/aromatic N) is 4. The summed E-state index contributed by atoms with van der Waals surface area (Å²) in [6, 6.07) is 10.3. The highest BCUT2D eigenvalue weighted by atomic mass is 16.5. The van der Waals surface area contributed by atoms with Gasteiger partial charge in [0.1, 0.15) is 5.75 Å². The third-order valence-corrected chi connectivity index (χ3v) is 5.59. The van der Waals surface area contributed by atoms with Crippen LogP contribution in [0.5, 0.6) is 5.75 Å². The predicted octanol–water partition coefficient (Wildman–Crippen LogP) is 2.77. The number of pyridine rings is 1. The fourth-order valence-corrected chi connectivity index (χ4v) is 3.88. The fourth-order valence-electron chi connectivity index (χ4n) is 3.88. The summed E-state index contributed by atoms with van der Waals surface area (Å²) in [7, 11) is 5.48. The van der Waals surface area contributed by atoms with E-state index in [0.29, 0.717) is 22.8 Å². The van der Waals surface area contributed by atoms with E-state index in [0.717, 1.165) is 43.9 Å². The van der Waals surface area contributed by atoms with Crippen molar-refractivity contribution in [3.8, 4) is 5.75 Å². The van der Waals surface area contributed by atoms with E-state index in [1.807, 2.05) is 37.2 Å². The number of H-pyrrole nitrogens is 1. The maximum absolute atomic E-state index is 12.5. The van der Waals surface area contributed by atoms with Crippen molar-refractivity contribution in [3.63, 3.8) is 0 Å². The molecule has 1 fully saturated rings. The van der Waals surface area contributed by atoms with Crippen LogP contribution in [0.2, 0.25) is 0 Å². The van der Waals surface area contributed by atoms with Crippen LogP contribution in [0.25, 0.3) is 10.9 Å². The Morgan fingerprint density at radius 3 is 2.59 bits per heavy atom. The Morgan fingerprint density at radius 1 is 1.21 bits per heavy atom. The van der Waals surface area contributed by atoms with E-state index in [1.165, 1.54) is 5.56 Å². The highest BCUT2D eigenvalue weighted by Gasteiger charge is 2.22. The maximum Gasteiger partial charge on any atom is 0.259 e. The van der Waals surface area contributed by atoms with Gasteiger partial charge in [0.2, 0.25) is 5.95 Å². The summed E-state index contributed by atoms with van der Waals surface area (Å²) in [4.78, 5) is 28.7. The summed E-state index contributed by atoms with van der Waals surface area (Å²) in [5, 5.41) is 0.538. The molecule has 1 aliphatic rings. The Bertz CT molecular complexity index is 1040. The molecule has 0 aliphatic carbocycles. The number of nitrogens with one attached hydrogen (secondary N) is 1. The van der Waals surface area contributed by atoms with Gasteiger partial charge >= 0.3 is 0 Å². The Balaban J connectivity index is 1.46. The van der Waals surface area contributed by atoms with Crippen molar-refractivity contribution in [2.24, 2.45) is 0 Å². The van der Waals surface area contributed by atoms with E-state index in [2.05, 4.69) is 32.0 Å². The minimum absolute atomic E-state index is 0.108. The summed E-state index contributed by atoms with van der Waals surface area (Å²) >= 11 is 0. The second kappa shape index (κ2) is 8.21. The second-order valence-electron chi connectivity index (χ2n) is 7.82. The lowest BCUT2D eigenvalue weighted by Gasteiger charge is -2.32. The molecular formula is C22H27N5O2. The van der Waals surface area contributed by atoms with Gasteiger partial charge in [-0.05, 0) is 49.7 Å². The SMILES string of the molecule is COc1ccc(CN2CCC(c3cc4nc(N(C)C)ncc4c(=O)[nH]3)CC2)cc1. The number of methoxy groups -OCH3 is 1. The number of aromatic amines is 1. The Kier molecular flexibility index (Phi) is 5.49. The average molecular weight is 393 g/mol. The molecule has 0 atom stereocenters. The van der Waals surface area contributed by atoms with Gasteiger partial charge in [-0.15, -0.1) is 0 Å². The Hall–Kier alpha value is -2.93. The number of likely N-dealkylation sites (tertiary alicyclic amines) is 1. The van der Waals surface area contributed by atoms with Gasteiger partial charge in [0.15, 0.2) is 0 Å². The zero-order valence-corrected chi connectivity index (χ0v) is 17.2. The molecule has 0 unspecified atom stereocenters. The molecule has 1 N–H and O–H groups in total. The van der Waals surface area contributed by atoms with Crippen molar-refractivity contribution in [1.29, 1.82) is 0 Å². The average Bonchev–Trinajstić information content (AvgIpc) is 2.74. The van der Waals surface area contributed by atoms with Crippen molar-refractivity contribution >= 4 is 16.9 Å². The molecule has 1 aromatic carbocycles. The summed E-state index contributed by atoms with van der Waals surface area (Å²) in [5.74, 6) is 1.84. The molecule has 0 amide bonds. The van der Waals surface area contributed by atoms with E-state index < -0.39 is 0 Å². The molecule has 3 aromatic rings. The smallest absolute Gasteiger partial charge is 0.259 e. The van der Waals surface area contributed by atoms with Crippen molar-refractivity contribution in [2.75, 3.05) is 39.2 Å². The lowest BCUT2D eigenvalue weighted by Crippen LogP contribution is -2.33. The summed E-state index contributed by atoms with van der Waals surface area (Å²) < 4.78 is 5.23. The number of benzene rings is 1. The molecule has 29 heavy (non-hydrogen) atoms. The molecule has 0 spiro atoms. The first kappa shape index (κ1) is 19.4. The van der Waals surface area contributed by atoms with Crippen LogP contribution in [-0.2, 0) is 6.54 Å². The van der Waals surface area contributed by atoms with Crippen LogP contribution in [0, 0.1) is 0 Å². The lowest BCUT2D eigenvalue weighted by atomic mass is 9.92. The third kappa shape index (κ3) is 4.24. The number of piperidine rings is 1. The summed E-state index contributed by atoms with van der Waals surface area (Å²) in [6.45, 7) is 2.94. The first-order valence-electron chi connectivity index (χ1n) is 9.96. The standard InChI is InChI=1S/C22H27N5O2/c1-26(2)22-23-13-18-20(25-22)12-19(24-21(18)28)16-8-10-27(11-9-16)14-15-4-6-17(29-3)7-5-15/h4-7,12-13,16H,8-11,14H2,1-3H3,(H,24,28). The van der Waals surface area contributed by atoms with E-state index in [4.69, 9.17) is 4.74 Å². The fraction of sp³-hybridized carbons (Fsp3) is 0.409. The van der Waals surface area contributed by atoms with Crippen LogP contribution in [0.3, 0.4) is 0 Å². The quantitative estimate of drug-likeness (QED) is 0.719. The number of aromatic nitrogens is 3. The maximum atomic E-state index is 12.5. The zero-order valence-electron chi connectivity index (χ0n) is 17.2. The zero-order chi connectivity index (χ0) is 20.4.